The lowest BCUT2D eigenvalue weighted by atomic mass is 10.3. The van der Waals surface area contributed by atoms with Crippen molar-refractivity contribution in [3.8, 4) is 5.82 Å². The zero-order valence-corrected chi connectivity index (χ0v) is 12.7. The molecule has 104 valence electrons. The molecule has 0 radical (unpaired) electrons. The molecule has 1 N–H and O–H groups in total. The predicted octanol–water partition coefficient (Wildman–Crippen LogP) is 3.32. The van der Waals surface area contributed by atoms with Gasteiger partial charge in [0.05, 0.1) is 11.1 Å². The smallest absolute Gasteiger partial charge is 0.226 e. The van der Waals surface area contributed by atoms with E-state index in [-0.39, 0.29) is 0 Å². The predicted molar refractivity (Wildman–Crippen MR) is 82.8 cm³/mol. The van der Waals surface area contributed by atoms with Crippen molar-refractivity contribution in [3.05, 3.63) is 28.9 Å². The van der Waals surface area contributed by atoms with Gasteiger partial charge in [0.15, 0.2) is 5.82 Å². The molecule has 3 heterocycles. The lowest BCUT2D eigenvalue weighted by molar-refractivity contribution is 0.835. The molecule has 3 aromatic heterocycles. The Hall–Kier alpha value is -1.95. The van der Waals surface area contributed by atoms with Crippen molar-refractivity contribution >= 4 is 27.5 Å². The van der Waals surface area contributed by atoms with Crippen LogP contribution in [0.25, 0.3) is 16.0 Å². The number of rotatable bonds is 4. The maximum absolute atomic E-state index is 4.62. The molecule has 3 aromatic rings. The van der Waals surface area contributed by atoms with Gasteiger partial charge in [-0.1, -0.05) is 6.92 Å². The van der Waals surface area contributed by atoms with E-state index in [4.69, 9.17) is 0 Å². The maximum Gasteiger partial charge on any atom is 0.226 e. The van der Waals surface area contributed by atoms with Crippen LogP contribution in [-0.4, -0.2) is 26.3 Å². The van der Waals surface area contributed by atoms with E-state index < -0.39 is 0 Å². The van der Waals surface area contributed by atoms with Crippen molar-refractivity contribution < 1.29 is 0 Å². The van der Waals surface area contributed by atoms with Crippen LogP contribution in [0.2, 0.25) is 0 Å². The summed E-state index contributed by atoms with van der Waals surface area (Å²) in [5, 5.41) is 8.77. The number of anilines is 1. The second-order valence-corrected chi connectivity index (χ2v) is 6.01. The molecule has 20 heavy (non-hydrogen) atoms. The fraction of sp³-hybridized carbons (Fsp3) is 0.357. The number of hydrogen-bond acceptors (Lipinski definition) is 5. The Morgan fingerprint density at radius 1 is 1.30 bits per heavy atom. The second-order valence-electron chi connectivity index (χ2n) is 4.78. The summed E-state index contributed by atoms with van der Waals surface area (Å²) < 4.78 is 1.82. The van der Waals surface area contributed by atoms with Crippen LogP contribution >= 0.6 is 11.3 Å². The third-order valence-corrected chi connectivity index (χ3v) is 3.91. The highest BCUT2D eigenvalue weighted by molar-refractivity contribution is 7.18. The number of fused-ring (bicyclic) bond motifs is 1. The minimum Gasteiger partial charge on any atom is -0.354 e. The summed E-state index contributed by atoms with van der Waals surface area (Å²) >= 11 is 1.68. The van der Waals surface area contributed by atoms with E-state index in [1.807, 2.05) is 23.9 Å². The Balaban J connectivity index is 2.16. The first-order valence-electron chi connectivity index (χ1n) is 6.72. The summed E-state index contributed by atoms with van der Waals surface area (Å²) in [6, 6.07) is 4.10. The van der Waals surface area contributed by atoms with Crippen molar-refractivity contribution in [2.45, 2.75) is 27.2 Å². The lowest BCUT2D eigenvalue weighted by Gasteiger charge is -2.07. The molecule has 0 aliphatic carbocycles. The minimum absolute atomic E-state index is 0.671. The minimum atomic E-state index is 0.671. The molecule has 0 fully saturated rings. The first-order chi connectivity index (χ1) is 9.67. The number of aromatic nitrogens is 4. The number of nitrogens with zero attached hydrogens (tertiary/aromatic N) is 4. The molecule has 0 spiro atoms. The molecule has 0 amide bonds. The van der Waals surface area contributed by atoms with Gasteiger partial charge in [-0.05, 0) is 32.4 Å². The first-order valence-corrected chi connectivity index (χ1v) is 7.53. The van der Waals surface area contributed by atoms with Crippen LogP contribution < -0.4 is 5.32 Å². The van der Waals surface area contributed by atoms with Crippen molar-refractivity contribution in [2.75, 3.05) is 11.9 Å². The average Bonchev–Trinajstić information content (AvgIpc) is 3.00. The summed E-state index contributed by atoms with van der Waals surface area (Å²) in [6.07, 6.45) is 2.98. The molecule has 6 heteroatoms. The Bertz CT molecular complexity index is 743. The topological polar surface area (TPSA) is 55.6 Å². The van der Waals surface area contributed by atoms with Crippen molar-refractivity contribution in [2.24, 2.45) is 0 Å². The number of aryl methyl sites for hydroxylation is 2. The van der Waals surface area contributed by atoms with E-state index in [2.05, 4.69) is 40.3 Å². The highest BCUT2D eigenvalue weighted by Crippen LogP contribution is 2.28. The Kier molecular flexibility index (Phi) is 3.40. The number of hydrogen-bond donors (Lipinski definition) is 1. The van der Waals surface area contributed by atoms with Gasteiger partial charge in [-0.3, -0.25) is 0 Å². The van der Waals surface area contributed by atoms with E-state index in [1.54, 1.807) is 11.3 Å². The largest absolute Gasteiger partial charge is 0.354 e. The van der Waals surface area contributed by atoms with Gasteiger partial charge in [0.25, 0.3) is 0 Å². The molecule has 5 nitrogen and oxygen atoms in total. The van der Waals surface area contributed by atoms with E-state index in [1.165, 1.54) is 4.88 Å². The van der Waals surface area contributed by atoms with E-state index in [0.717, 1.165) is 34.7 Å². The van der Waals surface area contributed by atoms with Crippen LogP contribution in [0.4, 0.5) is 5.95 Å². The summed E-state index contributed by atoms with van der Waals surface area (Å²) in [7, 11) is 0. The molecule has 0 atom stereocenters. The first kappa shape index (κ1) is 13.1. The van der Waals surface area contributed by atoms with E-state index >= 15 is 0 Å². The van der Waals surface area contributed by atoms with Crippen LogP contribution in [0.3, 0.4) is 0 Å². The zero-order chi connectivity index (χ0) is 14.1. The van der Waals surface area contributed by atoms with Gasteiger partial charge >= 0.3 is 0 Å². The van der Waals surface area contributed by atoms with Crippen LogP contribution in [-0.2, 0) is 0 Å². The fourth-order valence-corrected chi connectivity index (χ4v) is 2.92. The van der Waals surface area contributed by atoms with Gasteiger partial charge in [-0.2, -0.15) is 10.1 Å². The molecule has 0 saturated carbocycles. The molecule has 0 aromatic carbocycles. The van der Waals surface area contributed by atoms with Crippen LogP contribution in [0.1, 0.15) is 23.9 Å². The van der Waals surface area contributed by atoms with E-state index in [9.17, 15) is 0 Å². The van der Waals surface area contributed by atoms with Gasteiger partial charge in [-0.15, -0.1) is 11.3 Å². The second kappa shape index (κ2) is 5.20. The number of thiophene rings is 1. The van der Waals surface area contributed by atoms with Gasteiger partial charge in [0.2, 0.25) is 5.95 Å². The molecule has 0 aliphatic heterocycles. The van der Waals surface area contributed by atoms with Gasteiger partial charge < -0.3 is 5.32 Å². The molecule has 0 aliphatic rings. The van der Waals surface area contributed by atoms with Gasteiger partial charge in [0, 0.05) is 17.6 Å². The Labute approximate surface area is 121 Å². The van der Waals surface area contributed by atoms with Crippen LogP contribution in [0.15, 0.2) is 18.3 Å². The summed E-state index contributed by atoms with van der Waals surface area (Å²) in [4.78, 5) is 11.4. The molecular formula is C14H17N5S. The third-order valence-electron chi connectivity index (χ3n) is 2.97. The lowest BCUT2D eigenvalue weighted by Crippen LogP contribution is -2.07. The highest BCUT2D eigenvalue weighted by Gasteiger charge is 2.12. The van der Waals surface area contributed by atoms with Crippen LogP contribution in [0.5, 0.6) is 0 Å². The normalized spacial score (nSPS) is 11.2. The Morgan fingerprint density at radius 3 is 2.85 bits per heavy atom. The zero-order valence-electron chi connectivity index (χ0n) is 11.8. The molecule has 0 unspecified atom stereocenters. The van der Waals surface area contributed by atoms with Crippen molar-refractivity contribution in [1.29, 1.82) is 0 Å². The fourth-order valence-electron chi connectivity index (χ4n) is 2.05. The Morgan fingerprint density at radius 2 is 2.15 bits per heavy atom. The third kappa shape index (κ3) is 2.38. The van der Waals surface area contributed by atoms with E-state index in [0.29, 0.717) is 5.95 Å². The molecule has 3 rings (SSSR count). The molecule has 0 bridgehead atoms. The van der Waals surface area contributed by atoms with Gasteiger partial charge in [0.1, 0.15) is 4.83 Å². The molecular weight excluding hydrogens is 270 g/mol. The van der Waals surface area contributed by atoms with Gasteiger partial charge in [-0.25, -0.2) is 9.67 Å². The summed E-state index contributed by atoms with van der Waals surface area (Å²) in [5.74, 6) is 1.51. The highest BCUT2D eigenvalue weighted by atomic mass is 32.1. The van der Waals surface area contributed by atoms with Crippen LogP contribution in [0, 0.1) is 13.8 Å². The monoisotopic (exact) mass is 287 g/mol. The number of nitrogens with one attached hydrogen (secondary N) is 1. The van der Waals surface area contributed by atoms with Crippen molar-refractivity contribution in [1.82, 2.24) is 19.7 Å². The SMILES string of the molecule is CCCNc1nc(-n2ccc(C)n2)c2cc(C)sc2n1. The summed E-state index contributed by atoms with van der Waals surface area (Å²) in [5.41, 5.74) is 0.979. The molecule has 0 saturated heterocycles. The van der Waals surface area contributed by atoms with Crippen molar-refractivity contribution in [3.63, 3.8) is 0 Å². The quantitative estimate of drug-likeness (QED) is 0.800. The average molecular weight is 287 g/mol. The maximum atomic E-state index is 4.62. The summed E-state index contributed by atoms with van der Waals surface area (Å²) in [6.45, 7) is 7.06. The standard InChI is InChI=1S/C14H17N5S/c1-4-6-15-14-16-12(19-7-5-9(2)18-19)11-8-10(3)20-13(11)17-14/h5,7-8H,4,6H2,1-3H3,(H,15,16,17).